The molecule has 5 nitrogen and oxygen atoms in total. The van der Waals surface area contributed by atoms with E-state index in [1.807, 2.05) is 25.7 Å². The smallest absolute Gasteiger partial charge is 0.252 e. The van der Waals surface area contributed by atoms with Crippen LogP contribution in [-0.4, -0.2) is 29.6 Å². The predicted octanol–water partition coefficient (Wildman–Crippen LogP) is 0.726. The molecule has 0 unspecified atom stereocenters. The maximum atomic E-state index is 11.5. The summed E-state index contributed by atoms with van der Waals surface area (Å²) in [6, 6.07) is 1.54. The number of H-pyrrole nitrogens is 1. The second kappa shape index (κ2) is 6.27. The van der Waals surface area contributed by atoms with E-state index in [4.69, 9.17) is 0 Å². The molecule has 0 aliphatic heterocycles. The second-order valence-electron chi connectivity index (χ2n) is 3.51. The van der Waals surface area contributed by atoms with Gasteiger partial charge >= 0.3 is 0 Å². The minimum Gasteiger partial charge on any atom is -0.343 e. The van der Waals surface area contributed by atoms with E-state index in [0.717, 1.165) is 25.3 Å². The van der Waals surface area contributed by atoms with Gasteiger partial charge in [-0.05, 0) is 20.4 Å². The zero-order chi connectivity index (χ0) is 12.0. The Balaban J connectivity index is 2.92. The largest absolute Gasteiger partial charge is 0.343 e. The van der Waals surface area contributed by atoms with Crippen LogP contribution in [0.3, 0.4) is 0 Å². The van der Waals surface area contributed by atoms with Crippen molar-refractivity contribution in [2.75, 3.05) is 24.5 Å². The molecular formula is C11H20N4O. The van der Waals surface area contributed by atoms with Crippen molar-refractivity contribution in [2.24, 2.45) is 0 Å². The van der Waals surface area contributed by atoms with Gasteiger partial charge in [-0.1, -0.05) is 6.92 Å². The SMILES string of the molecule is CCNCc1cc(=O)[nH]c(N(CC)CC)n1. The minimum absolute atomic E-state index is 0.0928. The molecule has 0 fully saturated rings. The van der Waals surface area contributed by atoms with E-state index in [0.29, 0.717) is 12.5 Å². The molecule has 0 aliphatic carbocycles. The molecular weight excluding hydrogens is 204 g/mol. The van der Waals surface area contributed by atoms with E-state index in [-0.39, 0.29) is 5.56 Å². The standard InChI is InChI=1S/C11H20N4O/c1-4-12-8-9-7-10(16)14-11(13-9)15(5-2)6-3/h7,12H,4-6,8H2,1-3H3,(H,13,14,16). The first-order chi connectivity index (χ1) is 7.71. The number of aromatic amines is 1. The molecule has 0 saturated carbocycles. The van der Waals surface area contributed by atoms with Crippen LogP contribution >= 0.6 is 0 Å². The fourth-order valence-corrected chi connectivity index (χ4v) is 1.51. The van der Waals surface area contributed by atoms with Crippen LogP contribution in [0, 0.1) is 0 Å². The molecule has 1 aromatic heterocycles. The van der Waals surface area contributed by atoms with Gasteiger partial charge in [-0.25, -0.2) is 4.98 Å². The molecule has 0 radical (unpaired) electrons. The van der Waals surface area contributed by atoms with Gasteiger partial charge in [0.1, 0.15) is 0 Å². The van der Waals surface area contributed by atoms with E-state index in [1.54, 1.807) is 0 Å². The van der Waals surface area contributed by atoms with Gasteiger partial charge in [-0.3, -0.25) is 9.78 Å². The first kappa shape index (κ1) is 12.7. The lowest BCUT2D eigenvalue weighted by molar-refractivity contribution is 0.701. The summed E-state index contributed by atoms with van der Waals surface area (Å²) < 4.78 is 0. The van der Waals surface area contributed by atoms with Gasteiger partial charge in [-0.15, -0.1) is 0 Å². The Bertz CT molecular complexity index is 370. The van der Waals surface area contributed by atoms with Crippen LogP contribution in [0.5, 0.6) is 0 Å². The van der Waals surface area contributed by atoms with E-state index in [2.05, 4.69) is 15.3 Å². The number of nitrogens with one attached hydrogen (secondary N) is 2. The zero-order valence-corrected chi connectivity index (χ0v) is 10.2. The van der Waals surface area contributed by atoms with Crippen LogP contribution in [0.15, 0.2) is 10.9 Å². The third-order valence-electron chi connectivity index (χ3n) is 2.40. The maximum Gasteiger partial charge on any atom is 0.252 e. The maximum absolute atomic E-state index is 11.5. The Labute approximate surface area is 95.9 Å². The van der Waals surface area contributed by atoms with Crippen molar-refractivity contribution in [1.82, 2.24) is 15.3 Å². The van der Waals surface area contributed by atoms with Crippen molar-refractivity contribution in [3.63, 3.8) is 0 Å². The summed E-state index contributed by atoms with van der Waals surface area (Å²) in [5.74, 6) is 0.658. The van der Waals surface area contributed by atoms with Crippen LogP contribution in [0.25, 0.3) is 0 Å². The molecule has 0 spiro atoms. The Hall–Kier alpha value is -1.36. The van der Waals surface area contributed by atoms with Gasteiger partial charge in [0.2, 0.25) is 5.95 Å². The van der Waals surface area contributed by atoms with Crippen LogP contribution in [-0.2, 0) is 6.54 Å². The van der Waals surface area contributed by atoms with Gasteiger partial charge in [0.15, 0.2) is 0 Å². The topological polar surface area (TPSA) is 61.0 Å². The van der Waals surface area contributed by atoms with Gasteiger partial charge in [-0.2, -0.15) is 0 Å². The Morgan fingerprint density at radius 1 is 1.38 bits per heavy atom. The molecule has 0 saturated heterocycles. The number of nitrogens with zero attached hydrogens (tertiary/aromatic N) is 2. The average Bonchev–Trinajstić information content (AvgIpc) is 2.27. The third-order valence-corrected chi connectivity index (χ3v) is 2.40. The Morgan fingerprint density at radius 3 is 2.62 bits per heavy atom. The summed E-state index contributed by atoms with van der Waals surface area (Å²) in [6.07, 6.45) is 0. The lowest BCUT2D eigenvalue weighted by atomic mass is 10.4. The first-order valence-corrected chi connectivity index (χ1v) is 5.77. The van der Waals surface area contributed by atoms with Crippen molar-refractivity contribution in [1.29, 1.82) is 0 Å². The normalized spacial score (nSPS) is 10.4. The predicted molar refractivity (Wildman–Crippen MR) is 65.8 cm³/mol. The highest BCUT2D eigenvalue weighted by Gasteiger charge is 2.06. The summed E-state index contributed by atoms with van der Waals surface area (Å²) in [4.78, 5) is 20.7. The number of rotatable bonds is 6. The summed E-state index contributed by atoms with van der Waals surface area (Å²) in [7, 11) is 0. The highest BCUT2D eigenvalue weighted by Crippen LogP contribution is 2.04. The van der Waals surface area contributed by atoms with Gasteiger partial charge in [0, 0.05) is 25.7 Å². The molecule has 16 heavy (non-hydrogen) atoms. The molecule has 1 aromatic rings. The van der Waals surface area contributed by atoms with Crippen LogP contribution in [0.4, 0.5) is 5.95 Å². The van der Waals surface area contributed by atoms with Crippen LogP contribution < -0.4 is 15.8 Å². The van der Waals surface area contributed by atoms with Crippen LogP contribution in [0.1, 0.15) is 26.5 Å². The summed E-state index contributed by atoms with van der Waals surface area (Å²) in [6.45, 7) is 9.29. The Morgan fingerprint density at radius 2 is 2.06 bits per heavy atom. The average molecular weight is 224 g/mol. The van der Waals surface area contributed by atoms with Crippen molar-refractivity contribution in [2.45, 2.75) is 27.3 Å². The van der Waals surface area contributed by atoms with Crippen molar-refractivity contribution >= 4 is 5.95 Å². The molecule has 0 aliphatic rings. The van der Waals surface area contributed by atoms with Gasteiger partial charge < -0.3 is 10.2 Å². The molecule has 0 aromatic carbocycles. The second-order valence-corrected chi connectivity index (χ2v) is 3.51. The van der Waals surface area contributed by atoms with Gasteiger partial charge in [0.05, 0.1) is 5.69 Å². The van der Waals surface area contributed by atoms with E-state index >= 15 is 0 Å². The lowest BCUT2D eigenvalue weighted by Gasteiger charge is -2.19. The molecule has 5 heteroatoms. The fraction of sp³-hybridized carbons (Fsp3) is 0.636. The van der Waals surface area contributed by atoms with Crippen molar-refractivity contribution < 1.29 is 0 Å². The number of hydrogen-bond donors (Lipinski definition) is 2. The third kappa shape index (κ3) is 3.34. The highest BCUT2D eigenvalue weighted by atomic mass is 16.1. The highest BCUT2D eigenvalue weighted by molar-refractivity contribution is 5.29. The Kier molecular flexibility index (Phi) is 4.98. The minimum atomic E-state index is -0.0928. The van der Waals surface area contributed by atoms with E-state index < -0.39 is 0 Å². The summed E-state index contributed by atoms with van der Waals surface area (Å²) >= 11 is 0. The number of hydrogen-bond acceptors (Lipinski definition) is 4. The first-order valence-electron chi connectivity index (χ1n) is 5.77. The van der Waals surface area contributed by atoms with Crippen molar-refractivity contribution in [3.8, 4) is 0 Å². The molecule has 2 N–H and O–H groups in total. The number of aromatic nitrogens is 2. The number of anilines is 1. The van der Waals surface area contributed by atoms with E-state index in [1.165, 1.54) is 6.07 Å². The molecule has 0 bridgehead atoms. The van der Waals surface area contributed by atoms with E-state index in [9.17, 15) is 4.79 Å². The lowest BCUT2D eigenvalue weighted by Crippen LogP contribution is -2.28. The zero-order valence-electron chi connectivity index (χ0n) is 10.2. The molecule has 90 valence electrons. The summed E-state index contributed by atoms with van der Waals surface area (Å²) in [5, 5.41) is 3.16. The van der Waals surface area contributed by atoms with Crippen LogP contribution in [0.2, 0.25) is 0 Å². The molecule has 0 amide bonds. The van der Waals surface area contributed by atoms with Gasteiger partial charge in [0.25, 0.3) is 5.56 Å². The fourth-order valence-electron chi connectivity index (χ4n) is 1.51. The monoisotopic (exact) mass is 224 g/mol. The van der Waals surface area contributed by atoms with Crippen molar-refractivity contribution in [3.05, 3.63) is 22.1 Å². The quantitative estimate of drug-likeness (QED) is 0.747. The summed E-state index contributed by atoms with van der Waals surface area (Å²) in [5.41, 5.74) is 0.692. The molecule has 1 heterocycles. The molecule has 1 rings (SSSR count). The molecule has 0 atom stereocenters.